The summed E-state index contributed by atoms with van der Waals surface area (Å²) in [7, 11) is 0. The summed E-state index contributed by atoms with van der Waals surface area (Å²) in [6.07, 6.45) is 1.39. The van der Waals surface area contributed by atoms with E-state index >= 15 is 0 Å². The molecular formula is C12H14FN5. The molecule has 6 heteroatoms. The van der Waals surface area contributed by atoms with Crippen LogP contribution >= 0.6 is 0 Å². The van der Waals surface area contributed by atoms with Crippen LogP contribution in [-0.2, 0) is 0 Å². The average Bonchev–Trinajstić information content (AvgIpc) is 2.30. The van der Waals surface area contributed by atoms with Crippen molar-refractivity contribution >= 4 is 17.3 Å². The molecule has 0 unspecified atom stereocenters. The zero-order chi connectivity index (χ0) is 13.1. The highest BCUT2D eigenvalue weighted by Crippen LogP contribution is 2.22. The van der Waals surface area contributed by atoms with Crippen molar-refractivity contribution in [2.24, 2.45) is 5.84 Å². The summed E-state index contributed by atoms with van der Waals surface area (Å²) in [6.45, 7) is 3.65. The molecule has 0 saturated carbocycles. The average molecular weight is 247 g/mol. The molecule has 0 atom stereocenters. The van der Waals surface area contributed by atoms with Crippen LogP contribution in [0.5, 0.6) is 0 Å². The number of nitrogens with one attached hydrogen (secondary N) is 2. The highest BCUT2D eigenvalue weighted by atomic mass is 19.1. The van der Waals surface area contributed by atoms with Crippen molar-refractivity contribution in [3.8, 4) is 0 Å². The molecule has 0 aliphatic carbocycles. The fourth-order valence-electron chi connectivity index (χ4n) is 1.67. The smallest absolute Gasteiger partial charge is 0.148 e. The zero-order valence-electron chi connectivity index (χ0n) is 10.2. The Kier molecular flexibility index (Phi) is 3.38. The molecule has 2 rings (SSSR count). The van der Waals surface area contributed by atoms with E-state index in [9.17, 15) is 4.39 Å². The number of rotatable bonds is 3. The number of aromatic nitrogens is 2. The minimum atomic E-state index is -0.290. The Morgan fingerprint density at radius 1 is 1.11 bits per heavy atom. The topological polar surface area (TPSA) is 75.9 Å². The van der Waals surface area contributed by atoms with Gasteiger partial charge in [-0.15, -0.1) is 0 Å². The van der Waals surface area contributed by atoms with Crippen molar-refractivity contribution in [2.75, 3.05) is 10.7 Å². The van der Waals surface area contributed by atoms with Gasteiger partial charge in [-0.1, -0.05) is 0 Å². The number of anilines is 3. The van der Waals surface area contributed by atoms with Crippen LogP contribution in [0.15, 0.2) is 24.5 Å². The van der Waals surface area contributed by atoms with Gasteiger partial charge >= 0.3 is 0 Å². The van der Waals surface area contributed by atoms with E-state index < -0.39 is 0 Å². The molecule has 0 saturated heterocycles. The highest BCUT2D eigenvalue weighted by molar-refractivity contribution is 5.64. The maximum Gasteiger partial charge on any atom is 0.148 e. The van der Waals surface area contributed by atoms with Crippen molar-refractivity contribution in [3.63, 3.8) is 0 Å². The van der Waals surface area contributed by atoms with Crippen molar-refractivity contribution in [3.05, 3.63) is 41.5 Å². The van der Waals surface area contributed by atoms with E-state index in [1.54, 1.807) is 0 Å². The van der Waals surface area contributed by atoms with Crippen molar-refractivity contribution < 1.29 is 4.39 Å². The predicted octanol–water partition coefficient (Wildman–Crippen LogP) is 2.26. The lowest BCUT2D eigenvalue weighted by molar-refractivity contribution is 0.627. The molecule has 0 aliphatic rings. The molecule has 0 spiro atoms. The number of nitrogens with zero attached hydrogens (tertiary/aromatic N) is 2. The molecule has 0 bridgehead atoms. The molecule has 0 fully saturated rings. The van der Waals surface area contributed by atoms with Gasteiger partial charge in [-0.2, -0.15) is 0 Å². The number of hydrazine groups is 1. The summed E-state index contributed by atoms with van der Waals surface area (Å²) in [4.78, 5) is 8.07. The Hall–Kier alpha value is -2.21. The minimum absolute atomic E-state index is 0.290. The van der Waals surface area contributed by atoms with E-state index in [0.717, 1.165) is 11.1 Å². The second-order valence-corrected chi connectivity index (χ2v) is 3.98. The van der Waals surface area contributed by atoms with Crippen molar-refractivity contribution in [1.29, 1.82) is 0 Å². The van der Waals surface area contributed by atoms with Gasteiger partial charge in [0.05, 0.1) is 0 Å². The van der Waals surface area contributed by atoms with E-state index in [1.807, 2.05) is 19.9 Å². The second kappa shape index (κ2) is 4.97. The lowest BCUT2D eigenvalue weighted by Gasteiger charge is -2.11. The predicted molar refractivity (Wildman–Crippen MR) is 69.0 cm³/mol. The van der Waals surface area contributed by atoms with Gasteiger partial charge in [-0.3, -0.25) is 0 Å². The van der Waals surface area contributed by atoms with Crippen LogP contribution in [0.25, 0.3) is 0 Å². The molecular weight excluding hydrogens is 233 g/mol. The number of nitrogen functional groups attached to an aromatic ring is 1. The van der Waals surface area contributed by atoms with Crippen LogP contribution in [-0.4, -0.2) is 9.97 Å². The maximum absolute atomic E-state index is 13.3. The van der Waals surface area contributed by atoms with Gasteiger partial charge in [-0.05, 0) is 37.6 Å². The quantitative estimate of drug-likeness (QED) is 0.573. The van der Waals surface area contributed by atoms with E-state index in [-0.39, 0.29) is 5.82 Å². The fourth-order valence-corrected chi connectivity index (χ4v) is 1.67. The molecule has 0 aliphatic heterocycles. The van der Waals surface area contributed by atoms with Gasteiger partial charge in [0.25, 0.3) is 0 Å². The Balaban J connectivity index is 2.34. The number of hydrogen-bond donors (Lipinski definition) is 3. The van der Waals surface area contributed by atoms with Crippen LogP contribution in [0, 0.1) is 19.7 Å². The standard InChI is InChI=1S/C12H14FN5/c1-7-3-9(13)5-10(4-7)17-11-8(2)12(18-14)16-6-15-11/h3-6H,14H2,1-2H3,(H2,15,16,17,18). The Morgan fingerprint density at radius 3 is 2.50 bits per heavy atom. The maximum atomic E-state index is 13.3. The largest absolute Gasteiger partial charge is 0.340 e. The van der Waals surface area contributed by atoms with Crippen LogP contribution in [0.2, 0.25) is 0 Å². The Labute approximate surface area is 104 Å². The van der Waals surface area contributed by atoms with Crippen LogP contribution in [0.3, 0.4) is 0 Å². The monoisotopic (exact) mass is 247 g/mol. The third kappa shape index (κ3) is 2.54. The molecule has 5 nitrogen and oxygen atoms in total. The van der Waals surface area contributed by atoms with Crippen LogP contribution in [0.4, 0.5) is 21.7 Å². The van der Waals surface area contributed by atoms with Crippen LogP contribution < -0.4 is 16.6 Å². The van der Waals surface area contributed by atoms with Crippen molar-refractivity contribution in [1.82, 2.24) is 9.97 Å². The molecule has 4 N–H and O–H groups in total. The lowest BCUT2D eigenvalue weighted by atomic mass is 10.2. The molecule has 94 valence electrons. The molecule has 18 heavy (non-hydrogen) atoms. The molecule has 0 radical (unpaired) electrons. The number of aryl methyl sites for hydroxylation is 1. The summed E-state index contributed by atoms with van der Waals surface area (Å²) < 4.78 is 13.3. The fraction of sp³-hybridized carbons (Fsp3) is 0.167. The molecule has 2 aromatic rings. The number of halogens is 1. The van der Waals surface area contributed by atoms with E-state index in [0.29, 0.717) is 17.3 Å². The lowest BCUT2D eigenvalue weighted by Crippen LogP contribution is -2.11. The first kappa shape index (κ1) is 12.3. The normalized spacial score (nSPS) is 10.2. The van der Waals surface area contributed by atoms with Gasteiger partial charge < -0.3 is 10.7 Å². The minimum Gasteiger partial charge on any atom is -0.340 e. The number of hydrogen-bond acceptors (Lipinski definition) is 5. The summed E-state index contributed by atoms with van der Waals surface area (Å²) in [6, 6.07) is 4.70. The Morgan fingerprint density at radius 2 is 1.83 bits per heavy atom. The third-order valence-corrected chi connectivity index (χ3v) is 2.53. The summed E-state index contributed by atoms with van der Waals surface area (Å²) >= 11 is 0. The summed E-state index contributed by atoms with van der Waals surface area (Å²) in [5.41, 5.74) is 4.72. The van der Waals surface area contributed by atoms with Gasteiger partial charge in [0, 0.05) is 11.3 Å². The van der Waals surface area contributed by atoms with Gasteiger partial charge in [-0.25, -0.2) is 20.2 Å². The van der Waals surface area contributed by atoms with Crippen LogP contribution in [0.1, 0.15) is 11.1 Å². The van der Waals surface area contributed by atoms with Gasteiger partial charge in [0.15, 0.2) is 0 Å². The SMILES string of the molecule is Cc1cc(F)cc(Nc2ncnc(NN)c2C)c1. The molecule has 0 amide bonds. The van der Waals surface area contributed by atoms with Gasteiger partial charge in [0.2, 0.25) is 0 Å². The first-order chi connectivity index (χ1) is 8.60. The molecule has 1 heterocycles. The summed E-state index contributed by atoms with van der Waals surface area (Å²) in [5.74, 6) is 6.16. The molecule has 1 aromatic carbocycles. The van der Waals surface area contributed by atoms with E-state index in [2.05, 4.69) is 20.7 Å². The third-order valence-electron chi connectivity index (χ3n) is 2.53. The number of benzene rings is 1. The first-order valence-corrected chi connectivity index (χ1v) is 5.42. The van der Waals surface area contributed by atoms with Crippen molar-refractivity contribution in [2.45, 2.75) is 13.8 Å². The summed E-state index contributed by atoms with van der Waals surface area (Å²) in [5, 5.41) is 3.04. The first-order valence-electron chi connectivity index (χ1n) is 5.42. The Bertz CT molecular complexity index is 550. The van der Waals surface area contributed by atoms with E-state index in [4.69, 9.17) is 5.84 Å². The van der Waals surface area contributed by atoms with Gasteiger partial charge in [0.1, 0.15) is 23.8 Å². The number of nitrogens with two attached hydrogens (primary N) is 1. The second-order valence-electron chi connectivity index (χ2n) is 3.98. The molecule has 1 aromatic heterocycles. The zero-order valence-corrected chi connectivity index (χ0v) is 10.2. The highest BCUT2D eigenvalue weighted by Gasteiger charge is 2.06. The van der Waals surface area contributed by atoms with E-state index in [1.165, 1.54) is 18.5 Å².